The standard InChI is InChI=1S/C11H16NOS2/c1-4-12(5-2)11(14)13-8-10-7-6-9(3)15-10/h6-7H,3-5,8H2,1-2H3. The SMILES string of the molecule is [CH2]c1ccc(COC(=S)N(CC)CC)s1. The van der Waals surface area contributed by atoms with Gasteiger partial charge in [-0.3, -0.25) is 0 Å². The second kappa shape index (κ2) is 6.08. The summed E-state index contributed by atoms with van der Waals surface area (Å²) in [6.45, 7) is 10.3. The molecule has 0 atom stereocenters. The Labute approximate surface area is 101 Å². The molecule has 0 bridgehead atoms. The van der Waals surface area contributed by atoms with Crippen LogP contribution in [0.5, 0.6) is 0 Å². The summed E-state index contributed by atoms with van der Waals surface area (Å²) < 4.78 is 5.53. The van der Waals surface area contributed by atoms with E-state index in [1.165, 1.54) is 0 Å². The van der Waals surface area contributed by atoms with Crippen molar-refractivity contribution in [2.24, 2.45) is 0 Å². The van der Waals surface area contributed by atoms with Crippen molar-refractivity contribution in [2.45, 2.75) is 20.5 Å². The van der Waals surface area contributed by atoms with Crippen molar-refractivity contribution in [1.82, 2.24) is 4.90 Å². The molecule has 1 rings (SSSR count). The molecule has 0 fully saturated rings. The number of rotatable bonds is 4. The average molecular weight is 242 g/mol. The van der Waals surface area contributed by atoms with Crippen molar-refractivity contribution in [2.75, 3.05) is 13.1 Å². The molecular weight excluding hydrogens is 226 g/mol. The smallest absolute Gasteiger partial charge is 0.259 e. The highest BCUT2D eigenvalue weighted by atomic mass is 32.1. The largest absolute Gasteiger partial charge is 0.465 e. The summed E-state index contributed by atoms with van der Waals surface area (Å²) in [5, 5.41) is 0.582. The molecule has 0 saturated carbocycles. The fourth-order valence-electron chi connectivity index (χ4n) is 1.21. The van der Waals surface area contributed by atoms with Gasteiger partial charge in [-0.05, 0) is 45.1 Å². The van der Waals surface area contributed by atoms with E-state index in [1.54, 1.807) is 11.3 Å². The monoisotopic (exact) mass is 242 g/mol. The zero-order valence-corrected chi connectivity index (χ0v) is 10.8. The van der Waals surface area contributed by atoms with Gasteiger partial charge in [0.2, 0.25) is 0 Å². The van der Waals surface area contributed by atoms with E-state index in [2.05, 4.69) is 20.8 Å². The molecule has 0 aromatic carbocycles. The van der Waals surface area contributed by atoms with Crippen LogP contribution in [0.3, 0.4) is 0 Å². The molecule has 0 aliphatic heterocycles. The first kappa shape index (κ1) is 12.5. The predicted molar refractivity (Wildman–Crippen MR) is 69.1 cm³/mol. The van der Waals surface area contributed by atoms with Crippen LogP contribution in [0.2, 0.25) is 0 Å². The molecule has 0 amide bonds. The molecular formula is C11H16NOS2. The average Bonchev–Trinajstić information content (AvgIpc) is 2.63. The third kappa shape index (κ3) is 3.80. The zero-order chi connectivity index (χ0) is 11.3. The molecule has 0 aliphatic carbocycles. The number of thiocarbonyl (C=S) groups is 1. The topological polar surface area (TPSA) is 12.5 Å². The van der Waals surface area contributed by atoms with Crippen molar-refractivity contribution in [3.63, 3.8) is 0 Å². The fraction of sp³-hybridized carbons (Fsp3) is 0.455. The highest BCUT2D eigenvalue weighted by Gasteiger charge is 2.06. The van der Waals surface area contributed by atoms with Crippen LogP contribution in [-0.2, 0) is 11.3 Å². The Morgan fingerprint density at radius 1 is 1.47 bits per heavy atom. The fourth-order valence-corrected chi connectivity index (χ4v) is 2.25. The minimum absolute atomic E-state index is 0.551. The minimum atomic E-state index is 0.551. The summed E-state index contributed by atoms with van der Waals surface area (Å²) >= 11 is 6.81. The normalized spacial score (nSPS) is 10.1. The molecule has 83 valence electrons. The molecule has 1 heterocycles. The summed E-state index contributed by atoms with van der Waals surface area (Å²) in [6.07, 6.45) is 0. The maximum Gasteiger partial charge on any atom is 0.259 e. The lowest BCUT2D eigenvalue weighted by molar-refractivity contribution is 0.241. The van der Waals surface area contributed by atoms with Crippen molar-refractivity contribution in [1.29, 1.82) is 0 Å². The maximum atomic E-state index is 5.53. The van der Waals surface area contributed by atoms with Gasteiger partial charge >= 0.3 is 0 Å². The van der Waals surface area contributed by atoms with E-state index in [4.69, 9.17) is 17.0 Å². The summed E-state index contributed by atoms with van der Waals surface area (Å²) in [5.74, 6) is 0. The third-order valence-electron chi connectivity index (χ3n) is 2.08. The first-order valence-electron chi connectivity index (χ1n) is 4.99. The first-order valence-corrected chi connectivity index (χ1v) is 6.22. The maximum absolute atomic E-state index is 5.53. The van der Waals surface area contributed by atoms with Crippen LogP contribution in [0.25, 0.3) is 0 Å². The van der Waals surface area contributed by atoms with E-state index in [0.29, 0.717) is 11.8 Å². The van der Waals surface area contributed by atoms with Gasteiger partial charge in [0.15, 0.2) is 0 Å². The molecule has 1 radical (unpaired) electrons. The lowest BCUT2D eigenvalue weighted by atomic mass is 10.4. The molecule has 0 unspecified atom stereocenters. The third-order valence-corrected chi connectivity index (χ3v) is 3.37. The van der Waals surface area contributed by atoms with E-state index in [-0.39, 0.29) is 0 Å². The van der Waals surface area contributed by atoms with Crippen LogP contribution in [0.1, 0.15) is 23.6 Å². The number of nitrogens with zero attached hydrogens (tertiary/aromatic N) is 1. The number of hydrogen-bond donors (Lipinski definition) is 0. The van der Waals surface area contributed by atoms with Gasteiger partial charge in [0.05, 0.1) is 0 Å². The first-order chi connectivity index (χ1) is 7.17. The van der Waals surface area contributed by atoms with E-state index in [0.717, 1.165) is 22.8 Å². The molecule has 4 heteroatoms. The van der Waals surface area contributed by atoms with E-state index in [1.807, 2.05) is 17.0 Å². The van der Waals surface area contributed by atoms with Gasteiger partial charge < -0.3 is 9.64 Å². The van der Waals surface area contributed by atoms with Gasteiger partial charge in [-0.25, -0.2) is 0 Å². The molecule has 0 saturated heterocycles. The molecule has 0 N–H and O–H groups in total. The summed E-state index contributed by atoms with van der Waals surface area (Å²) in [7, 11) is 0. The minimum Gasteiger partial charge on any atom is -0.465 e. The van der Waals surface area contributed by atoms with Gasteiger partial charge in [-0.15, -0.1) is 11.3 Å². The molecule has 1 aromatic rings. The second-order valence-electron chi connectivity index (χ2n) is 3.09. The van der Waals surface area contributed by atoms with E-state index in [9.17, 15) is 0 Å². The predicted octanol–water partition coefficient (Wildman–Crippen LogP) is 3.07. The highest BCUT2D eigenvalue weighted by molar-refractivity contribution is 7.80. The molecule has 0 spiro atoms. The zero-order valence-electron chi connectivity index (χ0n) is 9.16. The van der Waals surface area contributed by atoms with E-state index >= 15 is 0 Å². The van der Waals surface area contributed by atoms with Crippen molar-refractivity contribution in [3.05, 3.63) is 28.8 Å². The number of thiophene rings is 1. The van der Waals surface area contributed by atoms with Gasteiger partial charge in [0, 0.05) is 22.8 Å². The summed E-state index contributed by atoms with van der Waals surface area (Å²) in [4.78, 5) is 4.24. The number of hydrogen-bond acceptors (Lipinski definition) is 3. The Hall–Kier alpha value is -0.610. The summed E-state index contributed by atoms with van der Waals surface area (Å²) in [6, 6.07) is 4.02. The van der Waals surface area contributed by atoms with Crippen LogP contribution >= 0.6 is 23.6 Å². The van der Waals surface area contributed by atoms with Crippen molar-refractivity contribution >= 4 is 28.7 Å². The lowest BCUT2D eigenvalue weighted by Crippen LogP contribution is -2.30. The summed E-state index contributed by atoms with van der Waals surface area (Å²) in [5.41, 5.74) is 0. The van der Waals surface area contributed by atoms with Gasteiger partial charge in [0.25, 0.3) is 5.17 Å². The van der Waals surface area contributed by atoms with E-state index < -0.39 is 0 Å². The number of ether oxygens (including phenoxy) is 1. The Balaban J connectivity index is 2.40. The Morgan fingerprint density at radius 2 is 2.13 bits per heavy atom. The lowest BCUT2D eigenvalue weighted by Gasteiger charge is -2.20. The molecule has 1 aromatic heterocycles. The molecule has 2 nitrogen and oxygen atoms in total. The van der Waals surface area contributed by atoms with Crippen LogP contribution in [0, 0.1) is 6.92 Å². The molecule has 0 aliphatic rings. The van der Waals surface area contributed by atoms with Crippen molar-refractivity contribution < 1.29 is 4.74 Å². The van der Waals surface area contributed by atoms with Crippen LogP contribution in [0.4, 0.5) is 0 Å². The van der Waals surface area contributed by atoms with Gasteiger partial charge in [0.1, 0.15) is 6.61 Å². The Morgan fingerprint density at radius 3 is 2.60 bits per heavy atom. The van der Waals surface area contributed by atoms with Crippen LogP contribution < -0.4 is 0 Å². The quantitative estimate of drug-likeness (QED) is 0.753. The Kier molecular flexibility index (Phi) is 5.05. The molecule has 15 heavy (non-hydrogen) atoms. The van der Waals surface area contributed by atoms with Gasteiger partial charge in [-0.1, -0.05) is 0 Å². The highest BCUT2D eigenvalue weighted by Crippen LogP contribution is 2.16. The van der Waals surface area contributed by atoms with Crippen molar-refractivity contribution in [3.8, 4) is 0 Å². The van der Waals surface area contributed by atoms with Crippen LogP contribution in [-0.4, -0.2) is 23.2 Å². The van der Waals surface area contributed by atoms with Crippen LogP contribution in [0.15, 0.2) is 12.1 Å². The second-order valence-corrected chi connectivity index (χ2v) is 4.70. The Bertz CT molecular complexity index is 318. The van der Waals surface area contributed by atoms with Gasteiger partial charge in [-0.2, -0.15) is 0 Å².